The lowest BCUT2D eigenvalue weighted by Gasteiger charge is -2.17. The second kappa shape index (κ2) is 11.0. The van der Waals surface area contributed by atoms with E-state index in [1.807, 2.05) is 26.0 Å². The van der Waals surface area contributed by atoms with Gasteiger partial charge in [0.1, 0.15) is 5.75 Å². The number of ether oxygens (including phenoxy) is 1. The number of carbonyl (C=O) groups excluding carboxylic acids is 1. The van der Waals surface area contributed by atoms with Gasteiger partial charge in [-0.1, -0.05) is 42.7 Å². The summed E-state index contributed by atoms with van der Waals surface area (Å²) in [5.41, 5.74) is 1.49. The highest BCUT2D eigenvalue weighted by Crippen LogP contribution is 2.28. The fraction of sp³-hybridized carbons (Fsp3) is 0.348. The Labute approximate surface area is 204 Å². The van der Waals surface area contributed by atoms with Gasteiger partial charge in [-0.15, -0.1) is 0 Å². The number of halogens is 1. The summed E-state index contributed by atoms with van der Waals surface area (Å²) in [5, 5.41) is 6.86. The van der Waals surface area contributed by atoms with Gasteiger partial charge < -0.3 is 14.6 Å². The van der Waals surface area contributed by atoms with Crippen LogP contribution >= 0.6 is 11.6 Å². The topological polar surface area (TPSA) is 115 Å². The Morgan fingerprint density at radius 3 is 2.50 bits per heavy atom. The Morgan fingerprint density at radius 1 is 1.21 bits per heavy atom. The number of anilines is 1. The van der Waals surface area contributed by atoms with Gasteiger partial charge in [0.15, 0.2) is 5.82 Å². The van der Waals surface area contributed by atoms with E-state index in [1.165, 1.54) is 25.2 Å². The lowest BCUT2D eigenvalue weighted by molar-refractivity contribution is -0.116. The standard InChI is InChI=1S/C23H27ClN4O5S/c1-5-32-20-11-10-18(13-19(20)24)34(30,31)28(4)14-22(29)25-17-8-6-16(7-9-17)12-21-26-23(15(2)3)33-27-21/h6-11,13,15H,5,12,14H2,1-4H3,(H,25,29). The fourth-order valence-corrected chi connectivity index (χ4v) is 4.50. The molecule has 0 saturated carbocycles. The fourth-order valence-electron chi connectivity index (χ4n) is 3.04. The van der Waals surface area contributed by atoms with Crippen molar-refractivity contribution in [3.05, 3.63) is 64.8 Å². The molecule has 182 valence electrons. The monoisotopic (exact) mass is 506 g/mol. The van der Waals surface area contributed by atoms with Gasteiger partial charge in [-0.05, 0) is 42.8 Å². The normalized spacial score (nSPS) is 11.7. The van der Waals surface area contributed by atoms with Crippen molar-refractivity contribution in [3.63, 3.8) is 0 Å². The highest BCUT2D eigenvalue weighted by atomic mass is 35.5. The highest BCUT2D eigenvalue weighted by Gasteiger charge is 2.24. The average Bonchev–Trinajstić information content (AvgIpc) is 3.25. The number of carbonyl (C=O) groups is 1. The number of aromatic nitrogens is 2. The minimum atomic E-state index is -3.92. The van der Waals surface area contributed by atoms with E-state index < -0.39 is 15.9 Å². The number of nitrogens with one attached hydrogen (secondary N) is 1. The van der Waals surface area contributed by atoms with Crippen molar-refractivity contribution in [2.45, 2.75) is 38.0 Å². The maximum absolute atomic E-state index is 12.8. The van der Waals surface area contributed by atoms with E-state index in [1.54, 1.807) is 19.1 Å². The number of amides is 1. The smallest absolute Gasteiger partial charge is 0.243 e. The number of sulfonamides is 1. The molecule has 1 amide bonds. The van der Waals surface area contributed by atoms with Crippen LogP contribution in [0, 0.1) is 0 Å². The summed E-state index contributed by atoms with van der Waals surface area (Å²) in [7, 11) is -2.58. The molecule has 0 aliphatic carbocycles. The molecule has 0 bridgehead atoms. The second-order valence-electron chi connectivity index (χ2n) is 7.91. The first-order chi connectivity index (χ1) is 16.1. The minimum Gasteiger partial charge on any atom is -0.492 e. The number of rotatable bonds is 10. The molecule has 3 aromatic rings. The Hall–Kier alpha value is -2.95. The van der Waals surface area contributed by atoms with Crippen LogP contribution in [-0.4, -0.2) is 49.0 Å². The average molecular weight is 507 g/mol. The molecule has 0 unspecified atom stereocenters. The van der Waals surface area contributed by atoms with Gasteiger partial charge in [-0.25, -0.2) is 8.42 Å². The van der Waals surface area contributed by atoms with Gasteiger partial charge in [0.2, 0.25) is 21.8 Å². The molecular weight excluding hydrogens is 480 g/mol. The number of hydrogen-bond acceptors (Lipinski definition) is 7. The molecule has 3 rings (SSSR count). The molecule has 0 aliphatic heterocycles. The highest BCUT2D eigenvalue weighted by molar-refractivity contribution is 7.89. The van der Waals surface area contributed by atoms with Crippen molar-refractivity contribution in [1.82, 2.24) is 14.4 Å². The predicted octanol–water partition coefficient (Wildman–Crippen LogP) is 4.10. The van der Waals surface area contributed by atoms with Crippen molar-refractivity contribution in [2.24, 2.45) is 0 Å². The lowest BCUT2D eigenvalue weighted by atomic mass is 10.1. The molecule has 0 aliphatic rings. The molecular formula is C23H27ClN4O5S. The third-order valence-electron chi connectivity index (χ3n) is 4.86. The van der Waals surface area contributed by atoms with E-state index in [9.17, 15) is 13.2 Å². The molecule has 11 heteroatoms. The maximum atomic E-state index is 12.8. The van der Waals surface area contributed by atoms with Crippen molar-refractivity contribution in [1.29, 1.82) is 0 Å². The SMILES string of the molecule is CCOc1ccc(S(=O)(=O)N(C)CC(=O)Nc2ccc(Cc3noc(C(C)C)n3)cc2)cc1Cl. The zero-order valence-corrected chi connectivity index (χ0v) is 21.0. The third kappa shape index (κ3) is 6.34. The minimum absolute atomic E-state index is 0.0253. The van der Waals surface area contributed by atoms with Crippen LogP contribution in [-0.2, 0) is 21.2 Å². The van der Waals surface area contributed by atoms with E-state index in [-0.39, 0.29) is 22.4 Å². The first-order valence-corrected chi connectivity index (χ1v) is 12.5. The summed E-state index contributed by atoms with van der Waals surface area (Å²) in [5.74, 6) is 1.25. The predicted molar refractivity (Wildman–Crippen MR) is 129 cm³/mol. The quantitative estimate of drug-likeness (QED) is 0.440. The van der Waals surface area contributed by atoms with Gasteiger partial charge in [0.25, 0.3) is 0 Å². The summed E-state index contributed by atoms with van der Waals surface area (Å²) < 4.78 is 37.2. The van der Waals surface area contributed by atoms with E-state index in [2.05, 4.69) is 15.5 Å². The molecule has 2 aromatic carbocycles. The van der Waals surface area contributed by atoms with Crippen molar-refractivity contribution >= 4 is 33.2 Å². The molecule has 1 N–H and O–H groups in total. The molecule has 0 spiro atoms. The van der Waals surface area contributed by atoms with Gasteiger partial charge in [0, 0.05) is 25.1 Å². The number of nitrogens with zero attached hydrogens (tertiary/aromatic N) is 3. The van der Waals surface area contributed by atoms with Crippen LogP contribution in [0.15, 0.2) is 51.9 Å². The van der Waals surface area contributed by atoms with Crippen molar-refractivity contribution < 1.29 is 22.5 Å². The molecule has 1 aromatic heterocycles. The largest absolute Gasteiger partial charge is 0.492 e. The maximum Gasteiger partial charge on any atom is 0.243 e. The van der Waals surface area contributed by atoms with E-state index in [0.29, 0.717) is 36.2 Å². The van der Waals surface area contributed by atoms with E-state index in [4.69, 9.17) is 20.9 Å². The number of benzene rings is 2. The van der Waals surface area contributed by atoms with Crippen LogP contribution < -0.4 is 10.1 Å². The summed E-state index contributed by atoms with van der Waals surface area (Å²) in [6.45, 7) is 5.80. The van der Waals surface area contributed by atoms with Crippen molar-refractivity contribution in [3.8, 4) is 5.75 Å². The summed E-state index contributed by atoms with van der Waals surface area (Å²) in [6.07, 6.45) is 0.496. The van der Waals surface area contributed by atoms with Crippen LogP contribution in [0.5, 0.6) is 5.75 Å². The van der Waals surface area contributed by atoms with Crippen LogP contribution in [0.25, 0.3) is 0 Å². The van der Waals surface area contributed by atoms with E-state index in [0.717, 1.165) is 9.87 Å². The molecule has 0 saturated heterocycles. The molecule has 0 fully saturated rings. The zero-order chi connectivity index (χ0) is 24.9. The first-order valence-electron chi connectivity index (χ1n) is 10.7. The van der Waals surface area contributed by atoms with Gasteiger partial charge in [-0.3, -0.25) is 4.79 Å². The van der Waals surface area contributed by atoms with Crippen molar-refractivity contribution in [2.75, 3.05) is 25.5 Å². The van der Waals surface area contributed by atoms with E-state index >= 15 is 0 Å². The Kier molecular flexibility index (Phi) is 8.29. The first kappa shape index (κ1) is 25.7. The second-order valence-corrected chi connectivity index (χ2v) is 10.4. The lowest BCUT2D eigenvalue weighted by Crippen LogP contribution is -2.35. The van der Waals surface area contributed by atoms with Crippen LogP contribution in [0.2, 0.25) is 5.02 Å². The van der Waals surface area contributed by atoms with Crippen LogP contribution in [0.3, 0.4) is 0 Å². The number of likely N-dealkylation sites (N-methyl/N-ethyl adjacent to an activating group) is 1. The number of hydrogen-bond donors (Lipinski definition) is 1. The van der Waals surface area contributed by atoms with Crippen LogP contribution in [0.4, 0.5) is 5.69 Å². The molecule has 9 nitrogen and oxygen atoms in total. The summed E-state index contributed by atoms with van der Waals surface area (Å²) in [4.78, 5) is 16.8. The Morgan fingerprint density at radius 2 is 1.91 bits per heavy atom. The van der Waals surface area contributed by atoms with Gasteiger partial charge in [-0.2, -0.15) is 9.29 Å². The van der Waals surface area contributed by atoms with Crippen LogP contribution in [0.1, 0.15) is 44.0 Å². The molecule has 1 heterocycles. The van der Waals surface area contributed by atoms with Gasteiger partial charge >= 0.3 is 0 Å². The third-order valence-corrected chi connectivity index (χ3v) is 6.95. The molecule has 0 atom stereocenters. The summed E-state index contributed by atoms with van der Waals surface area (Å²) >= 11 is 6.11. The molecule has 34 heavy (non-hydrogen) atoms. The van der Waals surface area contributed by atoms with Gasteiger partial charge in [0.05, 0.1) is 23.1 Å². The Bertz CT molecular complexity index is 1240. The zero-order valence-electron chi connectivity index (χ0n) is 19.4. The molecule has 0 radical (unpaired) electrons. The summed E-state index contributed by atoms with van der Waals surface area (Å²) in [6, 6.07) is 11.3. The Balaban J connectivity index is 1.59.